The van der Waals surface area contributed by atoms with Crippen LogP contribution < -0.4 is 10.6 Å². The summed E-state index contributed by atoms with van der Waals surface area (Å²) >= 11 is 0. The Bertz CT molecular complexity index is 347. The van der Waals surface area contributed by atoms with Crippen molar-refractivity contribution in [3.8, 4) is 0 Å². The van der Waals surface area contributed by atoms with Crippen molar-refractivity contribution in [3.05, 3.63) is 29.8 Å². The Morgan fingerprint density at radius 2 is 2.00 bits per heavy atom. The van der Waals surface area contributed by atoms with Crippen LogP contribution in [0.1, 0.15) is 18.9 Å². The van der Waals surface area contributed by atoms with Crippen LogP contribution in [0.15, 0.2) is 24.3 Å². The summed E-state index contributed by atoms with van der Waals surface area (Å²) in [6, 6.07) is 7.38. The van der Waals surface area contributed by atoms with Gasteiger partial charge in [-0.25, -0.2) is 4.79 Å². The average molecular weight is 220 g/mol. The molecule has 1 aromatic rings. The lowest BCUT2D eigenvalue weighted by molar-refractivity contribution is -0.107. The van der Waals surface area contributed by atoms with Crippen LogP contribution in [-0.2, 0) is 11.2 Å². The molecule has 16 heavy (non-hydrogen) atoms. The lowest BCUT2D eigenvalue weighted by Crippen LogP contribution is -2.29. The third kappa shape index (κ3) is 4.13. The molecule has 2 N–H and O–H groups in total. The zero-order valence-electron chi connectivity index (χ0n) is 9.32. The van der Waals surface area contributed by atoms with Crippen LogP contribution in [0, 0.1) is 0 Å². The van der Waals surface area contributed by atoms with Gasteiger partial charge >= 0.3 is 6.03 Å². The Kier molecular flexibility index (Phi) is 5.05. The standard InChI is InChI=1S/C12H16N2O2/c1-2-10-4-6-11(7-5-10)14-12(16)13-8-3-9-15/h4-7,9H,2-3,8H2,1H3,(H2,13,14,16). The van der Waals surface area contributed by atoms with Crippen molar-refractivity contribution in [3.63, 3.8) is 0 Å². The molecule has 4 nitrogen and oxygen atoms in total. The van der Waals surface area contributed by atoms with Crippen LogP contribution in [-0.4, -0.2) is 18.9 Å². The summed E-state index contributed by atoms with van der Waals surface area (Å²) in [4.78, 5) is 21.3. The summed E-state index contributed by atoms with van der Waals surface area (Å²) in [6.07, 6.45) is 2.09. The van der Waals surface area contributed by atoms with Crippen molar-refractivity contribution in [2.24, 2.45) is 0 Å². The number of aryl methyl sites for hydroxylation is 1. The van der Waals surface area contributed by atoms with E-state index in [4.69, 9.17) is 0 Å². The number of hydrogen-bond acceptors (Lipinski definition) is 2. The second-order valence-electron chi connectivity index (χ2n) is 3.39. The molecule has 0 heterocycles. The summed E-state index contributed by atoms with van der Waals surface area (Å²) in [7, 11) is 0. The van der Waals surface area contributed by atoms with Gasteiger partial charge in [0.1, 0.15) is 6.29 Å². The maximum absolute atomic E-state index is 11.3. The lowest BCUT2D eigenvalue weighted by Gasteiger charge is -2.06. The molecule has 0 saturated carbocycles. The molecule has 0 bridgehead atoms. The van der Waals surface area contributed by atoms with Gasteiger partial charge in [-0.2, -0.15) is 0 Å². The first kappa shape index (κ1) is 12.2. The fraction of sp³-hybridized carbons (Fsp3) is 0.333. The van der Waals surface area contributed by atoms with E-state index < -0.39 is 0 Å². The molecule has 0 fully saturated rings. The number of carbonyl (C=O) groups excluding carboxylic acids is 2. The third-order valence-electron chi connectivity index (χ3n) is 2.17. The van der Waals surface area contributed by atoms with E-state index in [1.54, 1.807) is 0 Å². The number of hydrogen-bond donors (Lipinski definition) is 2. The van der Waals surface area contributed by atoms with Crippen molar-refractivity contribution in [2.45, 2.75) is 19.8 Å². The van der Waals surface area contributed by atoms with Gasteiger partial charge in [-0.1, -0.05) is 19.1 Å². The number of anilines is 1. The summed E-state index contributed by atoms with van der Waals surface area (Å²) < 4.78 is 0. The van der Waals surface area contributed by atoms with E-state index in [0.717, 1.165) is 18.4 Å². The van der Waals surface area contributed by atoms with Gasteiger partial charge in [-0.3, -0.25) is 0 Å². The van der Waals surface area contributed by atoms with Gasteiger partial charge in [-0.15, -0.1) is 0 Å². The van der Waals surface area contributed by atoms with Gasteiger partial charge < -0.3 is 15.4 Å². The highest BCUT2D eigenvalue weighted by molar-refractivity contribution is 5.89. The Hall–Kier alpha value is -1.84. The Morgan fingerprint density at radius 1 is 1.31 bits per heavy atom. The maximum atomic E-state index is 11.3. The number of rotatable bonds is 5. The van der Waals surface area contributed by atoms with Crippen molar-refractivity contribution in [1.29, 1.82) is 0 Å². The zero-order chi connectivity index (χ0) is 11.8. The smallest absolute Gasteiger partial charge is 0.319 e. The van der Waals surface area contributed by atoms with Crippen molar-refractivity contribution < 1.29 is 9.59 Å². The van der Waals surface area contributed by atoms with Crippen molar-refractivity contribution >= 4 is 18.0 Å². The van der Waals surface area contributed by atoms with E-state index in [2.05, 4.69) is 17.6 Å². The Balaban J connectivity index is 2.40. The molecule has 0 aliphatic carbocycles. The van der Waals surface area contributed by atoms with Crippen LogP contribution >= 0.6 is 0 Å². The zero-order valence-corrected chi connectivity index (χ0v) is 9.32. The monoisotopic (exact) mass is 220 g/mol. The molecule has 0 spiro atoms. The molecule has 2 amide bonds. The molecular weight excluding hydrogens is 204 g/mol. The number of benzene rings is 1. The lowest BCUT2D eigenvalue weighted by atomic mass is 10.1. The minimum Gasteiger partial charge on any atom is -0.337 e. The van der Waals surface area contributed by atoms with Gasteiger partial charge in [0.15, 0.2) is 0 Å². The second kappa shape index (κ2) is 6.61. The first-order chi connectivity index (χ1) is 7.76. The van der Waals surface area contributed by atoms with E-state index in [1.807, 2.05) is 24.3 Å². The Labute approximate surface area is 95.0 Å². The first-order valence-electron chi connectivity index (χ1n) is 5.33. The molecule has 0 aromatic heterocycles. The summed E-state index contributed by atoms with van der Waals surface area (Å²) in [5.74, 6) is 0. The fourth-order valence-electron chi connectivity index (χ4n) is 1.24. The number of carbonyl (C=O) groups is 2. The van der Waals surface area contributed by atoms with Gasteiger partial charge in [0.2, 0.25) is 0 Å². The van der Waals surface area contributed by atoms with Crippen LogP contribution in [0.2, 0.25) is 0 Å². The van der Waals surface area contributed by atoms with Crippen LogP contribution in [0.25, 0.3) is 0 Å². The van der Waals surface area contributed by atoms with Crippen LogP contribution in [0.5, 0.6) is 0 Å². The minimum absolute atomic E-state index is 0.286. The van der Waals surface area contributed by atoms with Gasteiger partial charge in [0.05, 0.1) is 0 Å². The van der Waals surface area contributed by atoms with Crippen molar-refractivity contribution in [1.82, 2.24) is 5.32 Å². The van der Waals surface area contributed by atoms with E-state index in [-0.39, 0.29) is 6.03 Å². The molecule has 0 aliphatic rings. The van der Waals surface area contributed by atoms with E-state index in [9.17, 15) is 9.59 Å². The number of aldehydes is 1. The topological polar surface area (TPSA) is 58.2 Å². The Morgan fingerprint density at radius 3 is 2.56 bits per heavy atom. The van der Waals surface area contributed by atoms with Gasteiger partial charge in [0, 0.05) is 18.7 Å². The van der Waals surface area contributed by atoms with Crippen molar-refractivity contribution in [2.75, 3.05) is 11.9 Å². The SMILES string of the molecule is CCc1ccc(NC(=O)NCCC=O)cc1. The first-order valence-corrected chi connectivity index (χ1v) is 5.33. The molecule has 1 aromatic carbocycles. The highest BCUT2D eigenvalue weighted by Crippen LogP contribution is 2.09. The predicted molar refractivity (Wildman–Crippen MR) is 63.5 cm³/mol. The molecule has 0 unspecified atom stereocenters. The minimum atomic E-state index is -0.286. The van der Waals surface area contributed by atoms with Crippen LogP contribution in [0.3, 0.4) is 0 Å². The van der Waals surface area contributed by atoms with Gasteiger partial charge in [-0.05, 0) is 24.1 Å². The predicted octanol–water partition coefficient (Wildman–Crippen LogP) is 1.96. The summed E-state index contributed by atoms with van der Waals surface area (Å²) in [5, 5.41) is 5.27. The van der Waals surface area contributed by atoms with Crippen LogP contribution in [0.4, 0.5) is 10.5 Å². The molecule has 4 heteroatoms. The molecular formula is C12H16N2O2. The maximum Gasteiger partial charge on any atom is 0.319 e. The third-order valence-corrected chi connectivity index (χ3v) is 2.17. The molecule has 86 valence electrons. The van der Waals surface area contributed by atoms with E-state index in [1.165, 1.54) is 5.56 Å². The number of amides is 2. The molecule has 1 rings (SSSR count). The van der Waals surface area contributed by atoms with E-state index >= 15 is 0 Å². The summed E-state index contributed by atoms with van der Waals surface area (Å²) in [5.41, 5.74) is 1.98. The normalized spacial score (nSPS) is 9.56. The highest BCUT2D eigenvalue weighted by Gasteiger charge is 1.99. The average Bonchev–Trinajstić information content (AvgIpc) is 2.30. The summed E-state index contributed by atoms with van der Waals surface area (Å²) in [6.45, 7) is 2.44. The highest BCUT2D eigenvalue weighted by atomic mass is 16.2. The molecule has 0 radical (unpaired) electrons. The van der Waals surface area contributed by atoms with Gasteiger partial charge in [0.25, 0.3) is 0 Å². The quantitative estimate of drug-likeness (QED) is 0.588. The molecule has 0 aliphatic heterocycles. The largest absolute Gasteiger partial charge is 0.337 e. The van der Waals surface area contributed by atoms with E-state index in [0.29, 0.717) is 13.0 Å². The second-order valence-corrected chi connectivity index (χ2v) is 3.39. The number of urea groups is 1. The molecule has 0 saturated heterocycles. The fourth-order valence-corrected chi connectivity index (χ4v) is 1.24. The molecule has 0 atom stereocenters. The number of nitrogens with one attached hydrogen (secondary N) is 2.